The third kappa shape index (κ3) is 6.52. The molecule has 0 spiro atoms. The largest absolute Gasteiger partial charge is 0.496 e. The molecular formula is C24H18Cl2F3N3O2. The first-order valence-corrected chi connectivity index (χ1v) is 10.5. The first kappa shape index (κ1) is 25.1. The molecule has 176 valence electrons. The van der Waals surface area contributed by atoms with Gasteiger partial charge in [-0.3, -0.25) is 4.79 Å². The SMILES string of the molecule is COc1ccc(Cl)cc1C(N)=Nc1cc(Cl)cc(NC(=O)/C=C/c2ccccc2C(F)(F)F)c1. The molecule has 0 fully saturated rings. The van der Waals surface area contributed by atoms with Crippen LogP contribution in [-0.2, 0) is 11.0 Å². The number of methoxy groups -OCH3 is 1. The van der Waals surface area contributed by atoms with E-state index in [0.29, 0.717) is 22.0 Å². The highest BCUT2D eigenvalue weighted by Gasteiger charge is 2.32. The molecule has 1 amide bonds. The Labute approximate surface area is 203 Å². The Morgan fingerprint density at radius 1 is 1.06 bits per heavy atom. The summed E-state index contributed by atoms with van der Waals surface area (Å²) in [6.45, 7) is 0. The maximum Gasteiger partial charge on any atom is 0.416 e. The minimum absolute atomic E-state index is 0.0996. The number of alkyl halides is 3. The normalized spacial score (nSPS) is 12.1. The van der Waals surface area contributed by atoms with E-state index in [1.807, 2.05) is 0 Å². The Hall–Kier alpha value is -3.49. The van der Waals surface area contributed by atoms with Gasteiger partial charge in [-0.15, -0.1) is 0 Å². The smallest absolute Gasteiger partial charge is 0.416 e. The minimum Gasteiger partial charge on any atom is -0.496 e. The summed E-state index contributed by atoms with van der Waals surface area (Å²) >= 11 is 12.2. The standard InChI is InChI=1S/C24H18Cl2F3N3O2/c1-34-21-8-7-15(25)12-19(21)23(30)32-18-11-16(26)10-17(13-18)31-22(33)9-6-14-4-2-3-5-20(14)24(27,28)29/h2-13H,1H3,(H2,30,32)(H,31,33)/b9-6+. The van der Waals surface area contributed by atoms with Crippen molar-refractivity contribution in [1.29, 1.82) is 0 Å². The number of amides is 1. The maximum atomic E-state index is 13.1. The molecule has 0 bridgehead atoms. The molecule has 5 nitrogen and oxygen atoms in total. The van der Waals surface area contributed by atoms with Crippen LogP contribution in [0.2, 0.25) is 10.0 Å². The third-order valence-corrected chi connectivity index (χ3v) is 4.97. The van der Waals surface area contributed by atoms with Crippen molar-refractivity contribution >= 4 is 52.4 Å². The highest BCUT2D eigenvalue weighted by atomic mass is 35.5. The number of aliphatic imine (C=N–C) groups is 1. The summed E-state index contributed by atoms with van der Waals surface area (Å²) in [6.07, 6.45) is -2.45. The molecule has 3 aromatic carbocycles. The number of nitrogens with two attached hydrogens (primary N) is 1. The van der Waals surface area contributed by atoms with Crippen LogP contribution in [0.15, 0.2) is 71.7 Å². The second kappa shape index (κ2) is 10.6. The van der Waals surface area contributed by atoms with E-state index < -0.39 is 17.6 Å². The lowest BCUT2D eigenvalue weighted by Gasteiger charge is -2.10. The number of hydrogen-bond acceptors (Lipinski definition) is 3. The number of anilines is 1. The minimum atomic E-state index is -4.54. The molecule has 10 heteroatoms. The Bertz CT molecular complexity index is 1270. The van der Waals surface area contributed by atoms with Crippen LogP contribution in [0.4, 0.5) is 24.5 Å². The van der Waals surface area contributed by atoms with Gasteiger partial charge in [0.1, 0.15) is 11.6 Å². The molecule has 3 N–H and O–H groups in total. The fraction of sp³-hybridized carbons (Fsp3) is 0.0833. The van der Waals surface area contributed by atoms with Crippen molar-refractivity contribution in [3.8, 4) is 5.75 Å². The van der Waals surface area contributed by atoms with Crippen molar-refractivity contribution < 1.29 is 22.7 Å². The van der Waals surface area contributed by atoms with Gasteiger partial charge in [-0.25, -0.2) is 4.99 Å². The number of hydrogen-bond donors (Lipinski definition) is 2. The average molecular weight is 508 g/mol. The summed E-state index contributed by atoms with van der Waals surface area (Å²) < 4.78 is 44.6. The van der Waals surface area contributed by atoms with Crippen LogP contribution in [0.1, 0.15) is 16.7 Å². The molecular weight excluding hydrogens is 490 g/mol. The zero-order valence-corrected chi connectivity index (χ0v) is 19.2. The van der Waals surface area contributed by atoms with Gasteiger partial charge in [-0.2, -0.15) is 13.2 Å². The van der Waals surface area contributed by atoms with Crippen LogP contribution < -0.4 is 15.8 Å². The van der Waals surface area contributed by atoms with Gasteiger partial charge in [0.2, 0.25) is 5.91 Å². The van der Waals surface area contributed by atoms with Crippen molar-refractivity contribution in [3.05, 3.63) is 93.5 Å². The van der Waals surface area contributed by atoms with E-state index in [1.165, 1.54) is 43.5 Å². The highest BCUT2D eigenvalue weighted by Crippen LogP contribution is 2.32. The van der Waals surface area contributed by atoms with Crippen molar-refractivity contribution in [1.82, 2.24) is 0 Å². The van der Waals surface area contributed by atoms with E-state index in [9.17, 15) is 18.0 Å². The van der Waals surface area contributed by atoms with Gasteiger partial charge >= 0.3 is 6.18 Å². The predicted molar refractivity (Wildman–Crippen MR) is 129 cm³/mol. The fourth-order valence-corrected chi connectivity index (χ4v) is 3.44. The second-order valence-corrected chi connectivity index (χ2v) is 7.82. The summed E-state index contributed by atoms with van der Waals surface area (Å²) in [5.74, 6) is -0.0910. The summed E-state index contributed by atoms with van der Waals surface area (Å²) in [7, 11) is 1.48. The van der Waals surface area contributed by atoms with Crippen LogP contribution >= 0.6 is 23.2 Å². The zero-order chi connectivity index (χ0) is 24.9. The van der Waals surface area contributed by atoms with Crippen LogP contribution in [-0.4, -0.2) is 18.9 Å². The van der Waals surface area contributed by atoms with Crippen LogP contribution in [0.3, 0.4) is 0 Å². The van der Waals surface area contributed by atoms with Gasteiger partial charge in [0.25, 0.3) is 0 Å². The molecule has 0 aliphatic rings. The Morgan fingerprint density at radius 2 is 1.79 bits per heavy atom. The summed E-state index contributed by atoms with van der Waals surface area (Å²) in [5, 5.41) is 3.24. The third-order valence-electron chi connectivity index (χ3n) is 4.52. The molecule has 34 heavy (non-hydrogen) atoms. The zero-order valence-electron chi connectivity index (χ0n) is 17.7. The number of ether oxygens (including phenoxy) is 1. The van der Waals surface area contributed by atoms with Crippen LogP contribution in [0, 0.1) is 0 Å². The van der Waals surface area contributed by atoms with E-state index in [0.717, 1.165) is 18.2 Å². The number of rotatable bonds is 6. The second-order valence-electron chi connectivity index (χ2n) is 6.95. The summed E-state index contributed by atoms with van der Waals surface area (Å²) in [6, 6.07) is 14.3. The number of nitrogens with zero attached hydrogens (tertiary/aromatic N) is 1. The van der Waals surface area contributed by atoms with Crippen molar-refractivity contribution in [3.63, 3.8) is 0 Å². The van der Waals surface area contributed by atoms with Gasteiger partial charge in [-0.1, -0.05) is 41.4 Å². The number of carbonyl (C=O) groups excluding carboxylic acids is 1. The van der Waals surface area contributed by atoms with Crippen LogP contribution in [0.25, 0.3) is 6.08 Å². The molecule has 0 radical (unpaired) electrons. The van der Waals surface area contributed by atoms with Gasteiger partial charge in [0, 0.05) is 21.8 Å². The molecule has 0 saturated carbocycles. The molecule has 3 rings (SSSR count). The first-order valence-electron chi connectivity index (χ1n) is 9.71. The van der Waals surface area contributed by atoms with E-state index in [1.54, 1.807) is 18.2 Å². The molecule has 0 heterocycles. The highest BCUT2D eigenvalue weighted by molar-refractivity contribution is 6.31. The lowest BCUT2D eigenvalue weighted by atomic mass is 10.1. The predicted octanol–water partition coefficient (Wildman–Crippen LogP) is 6.71. The number of carbonyl (C=O) groups is 1. The van der Waals surface area contributed by atoms with Gasteiger partial charge in [0.05, 0.1) is 23.9 Å². The molecule has 0 aromatic heterocycles. The summed E-state index contributed by atoms with van der Waals surface area (Å²) in [5.41, 5.74) is 6.20. The Kier molecular flexibility index (Phi) is 7.86. The number of benzene rings is 3. The number of nitrogens with one attached hydrogen (secondary N) is 1. The topological polar surface area (TPSA) is 76.7 Å². The monoisotopic (exact) mass is 507 g/mol. The van der Waals surface area contributed by atoms with Gasteiger partial charge < -0.3 is 15.8 Å². The molecule has 3 aromatic rings. The lowest BCUT2D eigenvalue weighted by molar-refractivity contribution is -0.137. The first-order chi connectivity index (χ1) is 16.1. The number of amidine groups is 1. The van der Waals surface area contributed by atoms with Gasteiger partial charge in [-0.05, 0) is 54.1 Å². The Morgan fingerprint density at radius 3 is 2.50 bits per heavy atom. The molecule has 0 saturated heterocycles. The molecule has 0 unspecified atom stereocenters. The maximum absolute atomic E-state index is 13.1. The average Bonchev–Trinajstić information content (AvgIpc) is 2.76. The van der Waals surface area contributed by atoms with Crippen molar-refractivity contribution in [2.24, 2.45) is 10.7 Å². The quantitative estimate of drug-likeness (QED) is 0.221. The molecule has 0 aliphatic carbocycles. The molecule has 0 aliphatic heterocycles. The fourth-order valence-electron chi connectivity index (χ4n) is 3.04. The van der Waals surface area contributed by atoms with E-state index >= 15 is 0 Å². The van der Waals surface area contributed by atoms with E-state index in [-0.39, 0.29) is 22.1 Å². The van der Waals surface area contributed by atoms with Crippen molar-refractivity contribution in [2.75, 3.05) is 12.4 Å². The summed E-state index contributed by atoms with van der Waals surface area (Å²) in [4.78, 5) is 16.6. The van der Waals surface area contributed by atoms with Crippen molar-refractivity contribution in [2.45, 2.75) is 6.18 Å². The van der Waals surface area contributed by atoms with E-state index in [2.05, 4.69) is 10.3 Å². The lowest BCUT2D eigenvalue weighted by Crippen LogP contribution is -2.14. The Balaban J connectivity index is 1.82. The van der Waals surface area contributed by atoms with Gasteiger partial charge in [0.15, 0.2) is 0 Å². The number of halogens is 5. The van der Waals surface area contributed by atoms with E-state index in [4.69, 9.17) is 33.7 Å². The molecule has 0 atom stereocenters. The van der Waals surface area contributed by atoms with Crippen LogP contribution in [0.5, 0.6) is 5.75 Å².